The van der Waals surface area contributed by atoms with Crippen LogP contribution in [0.3, 0.4) is 0 Å². The van der Waals surface area contributed by atoms with Gasteiger partial charge in [-0.3, -0.25) is 19.2 Å². The van der Waals surface area contributed by atoms with E-state index < -0.39 is 10.0 Å². The SMILES string of the molecule is CC(=O)N[C@@H]1CCN(c2cc(C)nn3c(-c4ccc(CO)cc4)c(C)nc23)C1.CC(=O)N[C@@H]1CCN(c2cc(C)nn3c(-c4cccc(S(=O)(=O)N(C)C)c4)c(C)nc23)C1.COC(=O)c1ccc(-c2c(C)nc3c(N4CC[C@@H](NC(C)=O)C4)cc(C)nn23)cc1C.CSc1ccc(-c2c(C)nc3c(N4CC[C@@H](NC(C)=O)C4)cc(C)nn23)cc1. The number of thioether (sulfide) groups is 1. The Morgan fingerprint density at radius 1 is 0.454 bits per heavy atom. The van der Waals surface area contributed by atoms with Gasteiger partial charge in [0.25, 0.3) is 0 Å². The number of aromatic nitrogens is 12. The number of ether oxygens (including phenoxy) is 1. The van der Waals surface area contributed by atoms with E-state index >= 15 is 0 Å². The van der Waals surface area contributed by atoms with Gasteiger partial charge in [0.15, 0.2) is 22.6 Å². The van der Waals surface area contributed by atoms with Crippen LogP contribution in [0, 0.1) is 62.3 Å². The number of aliphatic hydroxyl groups is 1. The van der Waals surface area contributed by atoms with Gasteiger partial charge in [-0.15, -0.1) is 11.8 Å². The number of sulfonamides is 1. The third kappa shape index (κ3) is 18.5. The summed E-state index contributed by atoms with van der Waals surface area (Å²) in [5.74, 6) is -0.353. The van der Waals surface area contributed by atoms with Crippen LogP contribution in [0.1, 0.15) is 120 Å². The third-order valence-corrected chi connectivity index (χ3v) is 24.3. The summed E-state index contributed by atoms with van der Waals surface area (Å²) in [7, 11) is 0.854. The summed E-state index contributed by atoms with van der Waals surface area (Å²) in [5.41, 5.74) is 24.1. The van der Waals surface area contributed by atoms with Crippen molar-refractivity contribution in [1.82, 2.24) is 84.0 Å². The number of anilines is 4. The molecule has 4 amide bonds. The molecule has 624 valence electrons. The first-order chi connectivity index (χ1) is 56.8. The lowest BCUT2D eigenvalue weighted by atomic mass is 10.0. The van der Waals surface area contributed by atoms with E-state index in [1.54, 1.807) is 61.3 Å². The zero-order chi connectivity index (χ0) is 85.2. The van der Waals surface area contributed by atoms with E-state index in [0.717, 1.165) is 213 Å². The van der Waals surface area contributed by atoms with Gasteiger partial charge in [-0.05, 0) is 166 Å². The van der Waals surface area contributed by atoms with Gasteiger partial charge in [0.05, 0.1) is 115 Å². The number of fused-ring (bicyclic) bond motifs is 4. The summed E-state index contributed by atoms with van der Waals surface area (Å²) in [6.45, 7) is 30.4. The van der Waals surface area contributed by atoms with E-state index in [0.29, 0.717) is 17.8 Å². The van der Waals surface area contributed by atoms with E-state index in [-0.39, 0.29) is 65.3 Å². The van der Waals surface area contributed by atoms with Crippen LogP contribution in [0.4, 0.5) is 22.7 Å². The Kier molecular flexibility index (Phi) is 25.5. The van der Waals surface area contributed by atoms with E-state index in [1.807, 2.05) is 130 Å². The third-order valence-electron chi connectivity index (χ3n) is 21.8. The van der Waals surface area contributed by atoms with Crippen molar-refractivity contribution >= 4 is 96.7 Å². The lowest BCUT2D eigenvalue weighted by Gasteiger charge is -2.20. The summed E-state index contributed by atoms with van der Waals surface area (Å²) < 4.78 is 38.9. The molecule has 32 heteroatoms. The van der Waals surface area contributed by atoms with E-state index in [1.165, 1.54) is 37.3 Å². The molecule has 0 saturated carbocycles. The molecular weight excluding hydrogens is 1550 g/mol. The number of carbonyl (C=O) groups is 5. The van der Waals surface area contributed by atoms with Crippen molar-refractivity contribution in [3.8, 4) is 45.0 Å². The van der Waals surface area contributed by atoms with Gasteiger partial charge in [0.1, 0.15) is 0 Å². The Labute approximate surface area is 697 Å². The molecule has 8 aromatic heterocycles. The molecule has 4 saturated heterocycles. The molecule has 4 fully saturated rings. The number of aliphatic hydroxyl groups excluding tert-OH is 1. The van der Waals surface area contributed by atoms with Crippen molar-refractivity contribution < 1.29 is 42.2 Å². The van der Waals surface area contributed by atoms with Crippen molar-refractivity contribution in [1.29, 1.82) is 0 Å². The van der Waals surface area contributed by atoms with Crippen LogP contribution in [-0.4, -0.2) is 210 Å². The number of benzene rings is 4. The van der Waals surface area contributed by atoms with Crippen LogP contribution in [0.5, 0.6) is 0 Å². The number of carbonyl (C=O) groups excluding carboxylic acids is 5. The fraction of sp³-hybridized carbons (Fsp3) is 0.391. The number of esters is 1. The molecule has 119 heavy (non-hydrogen) atoms. The van der Waals surface area contributed by atoms with Gasteiger partial charge >= 0.3 is 5.97 Å². The minimum absolute atomic E-state index is 0.00683. The number of aryl methyl sites for hydroxylation is 9. The number of rotatable bonds is 17. The maximum Gasteiger partial charge on any atom is 0.338 e. The van der Waals surface area contributed by atoms with E-state index in [9.17, 15) is 37.5 Å². The lowest BCUT2D eigenvalue weighted by Crippen LogP contribution is -2.35. The number of imidazole rings is 4. The average Bonchev–Trinajstić information content (AvgIpc) is 1.63. The maximum absolute atomic E-state index is 12.6. The van der Waals surface area contributed by atoms with Crippen LogP contribution in [0.2, 0.25) is 0 Å². The first-order valence-electron chi connectivity index (χ1n) is 39.9. The van der Waals surface area contributed by atoms with Gasteiger partial charge in [0, 0.05) is 145 Å². The van der Waals surface area contributed by atoms with E-state index in [4.69, 9.17) is 45.1 Å². The quantitative estimate of drug-likeness (QED) is 0.0418. The minimum atomic E-state index is -3.56. The highest BCUT2D eigenvalue weighted by molar-refractivity contribution is 7.98. The second-order valence-corrected chi connectivity index (χ2v) is 34.3. The maximum atomic E-state index is 12.6. The largest absolute Gasteiger partial charge is 0.465 e. The molecule has 12 heterocycles. The first kappa shape index (κ1) is 85.0. The molecule has 4 aliphatic rings. The molecule has 4 aromatic carbocycles. The van der Waals surface area contributed by atoms with Crippen LogP contribution >= 0.6 is 11.8 Å². The molecule has 5 N–H and O–H groups in total. The molecule has 0 radical (unpaired) electrons. The highest BCUT2D eigenvalue weighted by Gasteiger charge is 2.33. The van der Waals surface area contributed by atoms with Crippen molar-refractivity contribution in [2.24, 2.45) is 0 Å². The molecular formula is C87H105N21O9S2. The second kappa shape index (κ2) is 35.8. The minimum Gasteiger partial charge on any atom is -0.465 e. The zero-order valence-electron chi connectivity index (χ0n) is 70.6. The number of hydrogen-bond acceptors (Lipinski definition) is 22. The lowest BCUT2D eigenvalue weighted by molar-refractivity contribution is -0.120. The molecule has 12 aromatic rings. The Bertz CT molecular complexity index is 5810. The van der Waals surface area contributed by atoms with Gasteiger partial charge in [0.2, 0.25) is 33.7 Å². The summed E-state index contributed by atoms with van der Waals surface area (Å²) in [6.07, 6.45) is 5.70. The number of nitrogens with zero attached hydrogens (tertiary/aromatic N) is 17. The molecule has 16 rings (SSSR count). The monoisotopic (exact) mass is 1650 g/mol. The second-order valence-electron chi connectivity index (χ2n) is 31.3. The van der Waals surface area contributed by atoms with Crippen molar-refractivity contribution in [2.75, 3.05) is 99.4 Å². The van der Waals surface area contributed by atoms with Crippen LogP contribution in [0.25, 0.3) is 67.6 Å². The first-order valence-corrected chi connectivity index (χ1v) is 42.6. The van der Waals surface area contributed by atoms with Crippen LogP contribution in [0.15, 0.2) is 125 Å². The Morgan fingerprint density at radius 2 is 0.773 bits per heavy atom. The van der Waals surface area contributed by atoms with Crippen LogP contribution in [-0.2, 0) is 40.5 Å². The molecule has 0 bridgehead atoms. The van der Waals surface area contributed by atoms with Crippen LogP contribution < -0.4 is 40.9 Å². The highest BCUT2D eigenvalue weighted by atomic mass is 32.2. The Morgan fingerprint density at radius 3 is 1.08 bits per heavy atom. The smallest absolute Gasteiger partial charge is 0.338 e. The summed E-state index contributed by atoms with van der Waals surface area (Å²) in [6, 6.07) is 37.7. The van der Waals surface area contributed by atoms with Gasteiger partial charge in [-0.1, -0.05) is 54.6 Å². The Hall–Kier alpha value is -11.9. The Balaban J connectivity index is 0.000000138. The van der Waals surface area contributed by atoms with Gasteiger partial charge in [-0.2, -0.15) is 20.4 Å². The molecule has 0 aliphatic carbocycles. The molecule has 0 spiro atoms. The topological polar surface area (TPSA) is 334 Å². The standard InChI is InChI=1S/C23H27N5O3.C22H28N6O3S.C21H25N5O2.C21H25N5OS/c1-13-10-17(6-7-19(13)23(30)31-5)21-15(3)24-22-20(11-14(2)26-28(21)22)27-9-8-18(12-27)25-16(4)29;1-14-11-20(27-10-9-18(13-27)24-16(3)29)22-23-15(2)21(28(22)25-14)17-7-6-8-19(12-17)32(30,31)26(4)5;1-13-10-19(25-9-8-18(11-25)23-15(3)28)21-22-14(2)20(26(21)24-13)17-6-4-16(12-27)5-7-17;1-13-11-19(25-10-9-17(12-25)23-15(3)27)21-22-14(2)20(26(21)24-13)16-5-7-18(28-4)8-6-16/h6-7,10-11,18H,8-9,12H2,1-5H3,(H,25,29);6-8,11-12,18H,9-10,13H2,1-5H3,(H,24,29);4-7,10,18,27H,8-9,11-12H2,1-3H3,(H,23,28);5-8,11,17H,9-10,12H2,1-4H3,(H,23,27)/t3*18-;17-/m1111/s1. The van der Waals surface area contributed by atoms with Crippen molar-refractivity contribution in [3.63, 3.8) is 0 Å². The predicted molar refractivity (Wildman–Crippen MR) is 464 cm³/mol. The number of hydrogen-bond donors (Lipinski definition) is 5. The van der Waals surface area contributed by atoms with Crippen molar-refractivity contribution in [3.05, 3.63) is 178 Å². The fourth-order valence-corrected chi connectivity index (χ4v) is 17.8. The number of methoxy groups -OCH3 is 1. The molecule has 30 nitrogen and oxygen atoms in total. The molecule has 4 aliphatic heterocycles. The van der Waals surface area contributed by atoms with E-state index in [2.05, 4.69) is 83.5 Å². The molecule has 4 atom stereocenters. The van der Waals surface area contributed by atoms with Crippen molar-refractivity contribution in [2.45, 2.75) is 156 Å². The van der Waals surface area contributed by atoms with Gasteiger partial charge in [-0.25, -0.2) is 55.5 Å². The summed E-state index contributed by atoms with van der Waals surface area (Å²) in [4.78, 5) is 87.5. The summed E-state index contributed by atoms with van der Waals surface area (Å²) in [5, 5.41) is 40.3. The normalized spacial score (nSPS) is 16.6. The number of nitrogens with one attached hydrogen (secondary N) is 4. The highest BCUT2D eigenvalue weighted by Crippen LogP contribution is 2.38. The zero-order valence-corrected chi connectivity index (χ0v) is 72.2. The summed E-state index contributed by atoms with van der Waals surface area (Å²) >= 11 is 1.73. The molecule has 0 unspecified atom stereocenters. The number of amides is 4. The fourth-order valence-electron chi connectivity index (χ4n) is 16.4. The van der Waals surface area contributed by atoms with Gasteiger partial charge < -0.3 is 50.7 Å². The predicted octanol–water partition coefficient (Wildman–Crippen LogP) is 10.5. The average molecular weight is 1650 g/mol.